The number of carboxylic acid groups (broad SMARTS) is 1. The third-order valence-corrected chi connectivity index (χ3v) is 7.05. The lowest BCUT2D eigenvalue weighted by Gasteiger charge is -2.27. The summed E-state index contributed by atoms with van der Waals surface area (Å²) in [4.78, 5) is 38.7. The maximum absolute atomic E-state index is 13.2. The Labute approximate surface area is 197 Å². The molecule has 8 heteroatoms. The number of aliphatic hydroxyl groups excluding tert-OH is 1. The average molecular weight is 465 g/mol. The van der Waals surface area contributed by atoms with E-state index in [0.29, 0.717) is 12.3 Å². The van der Waals surface area contributed by atoms with Gasteiger partial charge in [-0.05, 0) is 34.6 Å². The maximum Gasteiger partial charge on any atom is 0.407 e. The molecule has 3 N–H and O–H groups in total. The summed E-state index contributed by atoms with van der Waals surface area (Å²) in [7, 11) is 0. The first-order valence-electron chi connectivity index (χ1n) is 11.7. The molecule has 2 aliphatic carbocycles. The molecule has 0 radical (unpaired) electrons. The van der Waals surface area contributed by atoms with E-state index in [0.717, 1.165) is 35.1 Å². The molecule has 0 aromatic heterocycles. The summed E-state index contributed by atoms with van der Waals surface area (Å²) in [5, 5.41) is 22.1. The predicted octanol–water partition coefficient (Wildman–Crippen LogP) is 2.74. The number of amides is 2. The second-order valence-corrected chi connectivity index (χ2v) is 9.44. The van der Waals surface area contributed by atoms with E-state index in [2.05, 4.69) is 17.4 Å². The lowest BCUT2D eigenvalue weighted by molar-refractivity contribution is -0.149. The number of hydrogen-bond acceptors (Lipinski definition) is 5. The molecule has 3 unspecified atom stereocenters. The summed E-state index contributed by atoms with van der Waals surface area (Å²) < 4.78 is 5.59. The fourth-order valence-electron chi connectivity index (χ4n) is 5.18. The van der Waals surface area contributed by atoms with Gasteiger partial charge in [0.05, 0.1) is 6.10 Å². The number of alkyl carbamates (subject to hydrolysis) is 1. The van der Waals surface area contributed by atoms with Crippen molar-refractivity contribution in [2.24, 2.45) is 5.92 Å². The molecule has 3 aliphatic rings. The van der Waals surface area contributed by atoms with Crippen molar-refractivity contribution in [3.8, 4) is 11.1 Å². The minimum atomic E-state index is -1.16. The highest BCUT2D eigenvalue weighted by Crippen LogP contribution is 2.44. The number of aliphatic hydroxyl groups is 1. The van der Waals surface area contributed by atoms with Crippen LogP contribution in [0.25, 0.3) is 11.1 Å². The summed E-state index contributed by atoms with van der Waals surface area (Å²) in [5.74, 6) is -1.42. The van der Waals surface area contributed by atoms with Gasteiger partial charge in [-0.2, -0.15) is 0 Å². The number of carbonyl (C=O) groups is 3. The van der Waals surface area contributed by atoms with Gasteiger partial charge in [0, 0.05) is 18.9 Å². The van der Waals surface area contributed by atoms with Gasteiger partial charge < -0.3 is 25.2 Å². The van der Waals surface area contributed by atoms with Crippen molar-refractivity contribution in [3.05, 3.63) is 59.7 Å². The summed E-state index contributed by atoms with van der Waals surface area (Å²) in [6.07, 6.45) is 0.778. The van der Waals surface area contributed by atoms with E-state index in [1.807, 2.05) is 36.4 Å². The van der Waals surface area contributed by atoms with E-state index in [4.69, 9.17) is 4.74 Å². The Hall–Kier alpha value is -3.39. The van der Waals surface area contributed by atoms with Gasteiger partial charge in [-0.1, -0.05) is 61.4 Å². The lowest BCUT2D eigenvalue weighted by atomic mass is 9.98. The Morgan fingerprint density at radius 3 is 2.24 bits per heavy atom. The number of likely N-dealkylation sites (tertiary alicyclic amines) is 1. The Morgan fingerprint density at radius 2 is 1.65 bits per heavy atom. The number of hydrogen-bond donors (Lipinski definition) is 3. The van der Waals surface area contributed by atoms with Crippen LogP contribution in [0.2, 0.25) is 0 Å². The molecule has 2 amide bonds. The fraction of sp³-hybridized carbons (Fsp3) is 0.423. The number of benzene rings is 2. The summed E-state index contributed by atoms with van der Waals surface area (Å²) in [5.41, 5.74) is 4.44. The van der Waals surface area contributed by atoms with E-state index in [-0.39, 0.29) is 25.5 Å². The number of β-amino-alcohol motifs (C(OH)–C–C–N with tert-alkyl or cyclic N) is 1. The number of rotatable bonds is 7. The van der Waals surface area contributed by atoms with Gasteiger partial charge >= 0.3 is 12.1 Å². The van der Waals surface area contributed by atoms with E-state index in [1.165, 1.54) is 4.90 Å². The zero-order chi connectivity index (χ0) is 23.8. The van der Waals surface area contributed by atoms with Crippen LogP contribution in [-0.4, -0.2) is 64.4 Å². The van der Waals surface area contributed by atoms with E-state index >= 15 is 0 Å². The van der Waals surface area contributed by atoms with Gasteiger partial charge in [-0.25, -0.2) is 9.59 Å². The van der Waals surface area contributed by atoms with Gasteiger partial charge in [0.1, 0.15) is 18.7 Å². The molecule has 1 saturated carbocycles. The fourth-order valence-corrected chi connectivity index (χ4v) is 5.18. The van der Waals surface area contributed by atoms with Crippen LogP contribution in [0.3, 0.4) is 0 Å². The van der Waals surface area contributed by atoms with Crippen LogP contribution in [-0.2, 0) is 14.3 Å². The van der Waals surface area contributed by atoms with Crippen molar-refractivity contribution in [1.82, 2.24) is 10.2 Å². The quantitative estimate of drug-likeness (QED) is 0.580. The molecule has 1 aliphatic heterocycles. The van der Waals surface area contributed by atoms with Crippen LogP contribution in [0.5, 0.6) is 0 Å². The second-order valence-electron chi connectivity index (χ2n) is 9.44. The van der Waals surface area contributed by atoms with E-state index < -0.39 is 36.2 Å². The van der Waals surface area contributed by atoms with Crippen LogP contribution >= 0.6 is 0 Å². The molecule has 2 aromatic rings. The highest BCUT2D eigenvalue weighted by Gasteiger charge is 2.43. The highest BCUT2D eigenvalue weighted by atomic mass is 16.5. The maximum atomic E-state index is 13.2. The average Bonchev–Trinajstić information content (AvgIpc) is 3.47. The van der Waals surface area contributed by atoms with Gasteiger partial charge in [0.15, 0.2) is 0 Å². The number of aliphatic carboxylic acids is 1. The first-order chi connectivity index (χ1) is 16.4. The number of carbonyl (C=O) groups excluding carboxylic acids is 2. The Kier molecular flexibility index (Phi) is 6.00. The van der Waals surface area contributed by atoms with Crippen LogP contribution in [0.15, 0.2) is 48.5 Å². The molecule has 2 fully saturated rings. The lowest BCUT2D eigenvalue weighted by Crippen LogP contribution is -2.52. The molecule has 2 aromatic carbocycles. The zero-order valence-electron chi connectivity index (χ0n) is 18.7. The van der Waals surface area contributed by atoms with E-state index in [1.54, 1.807) is 0 Å². The minimum Gasteiger partial charge on any atom is -0.480 e. The van der Waals surface area contributed by atoms with Crippen LogP contribution in [0.1, 0.15) is 42.7 Å². The topological polar surface area (TPSA) is 116 Å². The minimum absolute atomic E-state index is 0.0117. The smallest absolute Gasteiger partial charge is 0.407 e. The second kappa shape index (κ2) is 9.10. The van der Waals surface area contributed by atoms with Gasteiger partial charge in [0.25, 0.3) is 0 Å². The van der Waals surface area contributed by atoms with Gasteiger partial charge in [-0.3, -0.25) is 4.79 Å². The van der Waals surface area contributed by atoms with Crippen molar-refractivity contribution < 1.29 is 29.3 Å². The first kappa shape index (κ1) is 22.4. The SMILES string of the molecule is O=C(NC(CC1CC1)C(=O)N1CC(O)CC1C(=O)O)OCC1c2ccccc2-c2ccccc21. The molecule has 0 spiro atoms. The standard InChI is InChI=1S/C26H28N2O6/c29-16-12-23(25(31)32)28(13-16)24(30)22(11-15-9-10-15)27-26(33)34-14-21-19-7-3-1-5-17(19)18-6-2-4-8-20(18)21/h1-8,15-16,21-23,29H,9-14H2,(H,27,33)(H,31,32). The molecule has 5 rings (SSSR count). The number of fused-ring (bicyclic) bond motifs is 3. The van der Waals surface area contributed by atoms with Crippen LogP contribution in [0.4, 0.5) is 4.79 Å². The van der Waals surface area contributed by atoms with Crippen molar-refractivity contribution >= 4 is 18.0 Å². The first-order valence-corrected chi connectivity index (χ1v) is 11.7. The molecule has 1 heterocycles. The summed E-state index contributed by atoms with van der Waals surface area (Å²) in [6, 6.07) is 14.1. The highest BCUT2D eigenvalue weighted by molar-refractivity contribution is 5.90. The molecular formula is C26H28N2O6. The normalized spacial score (nSPS) is 22.1. The number of ether oxygens (including phenoxy) is 1. The summed E-state index contributed by atoms with van der Waals surface area (Å²) >= 11 is 0. The van der Waals surface area contributed by atoms with E-state index in [9.17, 15) is 24.6 Å². The Morgan fingerprint density at radius 1 is 1.03 bits per heavy atom. The molecule has 8 nitrogen and oxygen atoms in total. The van der Waals surface area contributed by atoms with Gasteiger partial charge in [0.2, 0.25) is 5.91 Å². The molecule has 3 atom stereocenters. The number of nitrogens with one attached hydrogen (secondary N) is 1. The Bertz CT molecular complexity index is 1070. The largest absolute Gasteiger partial charge is 0.480 e. The van der Waals surface area contributed by atoms with Crippen LogP contribution in [0, 0.1) is 5.92 Å². The molecule has 34 heavy (non-hydrogen) atoms. The monoisotopic (exact) mass is 464 g/mol. The van der Waals surface area contributed by atoms with Crippen molar-refractivity contribution in [1.29, 1.82) is 0 Å². The number of carboxylic acids is 1. The molecule has 0 bridgehead atoms. The predicted molar refractivity (Wildman–Crippen MR) is 123 cm³/mol. The van der Waals surface area contributed by atoms with Crippen molar-refractivity contribution in [2.75, 3.05) is 13.2 Å². The Balaban J connectivity index is 1.27. The zero-order valence-corrected chi connectivity index (χ0v) is 18.7. The van der Waals surface area contributed by atoms with Crippen LogP contribution < -0.4 is 5.32 Å². The molecule has 178 valence electrons. The van der Waals surface area contributed by atoms with Gasteiger partial charge in [-0.15, -0.1) is 0 Å². The third-order valence-electron chi connectivity index (χ3n) is 7.05. The van der Waals surface area contributed by atoms with Crippen molar-refractivity contribution in [2.45, 2.75) is 49.8 Å². The summed E-state index contributed by atoms with van der Waals surface area (Å²) in [6.45, 7) is 0.0771. The number of nitrogens with zero attached hydrogens (tertiary/aromatic N) is 1. The molecular weight excluding hydrogens is 436 g/mol. The molecule has 1 saturated heterocycles. The third kappa shape index (κ3) is 4.37. The van der Waals surface area contributed by atoms with Crippen molar-refractivity contribution in [3.63, 3.8) is 0 Å².